The SMILES string of the molecule is Nc1ccc(Br)c(C(=O)OC2CCOCC2)c1. The molecule has 0 atom stereocenters. The van der Waals surface area contributed by atoms with Crippen LogP contribution in [0.5, 0.6) is 0 Å². The number of ether oxygens (including phenoxy) is 2. The van der Waals surface area contributed by atoms with Crippen molar-refractivity contribution in [3.8, 4) is 0 Å². The Hall–Kier alpha value is -1.07. The summed E-state index contributed by atoms with van der Waals surface area (Å²) in [5.74, 6) is -0.337. The fourth-order valence-electron chi connectivity index (χ4n) is 1.71. The molecule has 1 aromatic carbocycles. The van der Waals surface area contributed by atoms with Gasteiger partial charge in [0, 0.05) is 23.0 Å². The molecule has 17 heavy (non-hydrogen) atoms. The second-order valence-corrected chi connectivity index (χ2v) is 4.81. The summed E-state index contributed by atoms with van der Waals surface area (Å²) in [4.78, 5) is 11.9. The van der Waals surface area contributed by atoms with E-state index in [9.17, 15) is 4.79 Å². The number of carbonyl (C=O) groups excluding carboxylic acids is 1. The Labute approximate surface area is 108 Å². The standard InChI is InChI=1S/C12H14BrNO3/c13-11-2-1-8(14)7-10(11)12(15)17-9-3-5-16-6-4-9/h1-2,7,9H,3-6,14H2. The van der Waals surface area contributed by atoms with E-state index >= 15 is 0 Å². The van der Waals surface area contributed by atoms with Gasteiger partial charge in [-0.15, -0.1) is 0 Å². The molecule has 1 fully saturated rings. The molecule has 92 valence electrons. The lowest BCUT2D eigenvalue weighted by molar-refractivity contribution is -0.0159. The fraction of sp³-hybridized carbons (Fsp3) is 0.417. The van der Waals surface area contributed by atoms with E-state index in [1.165, 1.54) is 0 Å². The highest BCUT2D eigenvalue weighted by Crippen LogP contribution is 2.22. The van der Waals surface area contributed by atoms with E-state index < -0.39 is 0 Å². The Balaban J connectivity index is 2.05. The number of benzene rings is 1. The summed E-state index contributed by atoms with van der Waals surface area (Å²) in [5.41, 5.74) is 6.67. The lowest BCUT2D eigenvalue weighted by atomic mass is 10.1. The van der Waals surface area contributed by atoms with Crippen LogP contribution < -0.4 is 5.73 Å². The normalized spacial score (nSPS) is 16.8. The smallest absolute Gasteiger partial charge is 0.339 e. The molecule has 2 rings (SSSR count). The van der Waals surface area contributed by atoms with E-state index in [0.29, 0.717) is 28.9 Å². The number of nitrogens with two attached hydrogens (primary N) is 1. The lowest BCUT2D eigenvalue weighted by Crippen LogP contribution is -2.26. The first-order valence-corrected chi connectivity index (χ1v) is 6.30. The van der Waals surface area contributed by atoms with Gasteiger partial charge in [0.1, 0.15) is 6.10 Å². The number of esters is 1. The fourth-order valence-corrected chi connectivity index (χ4v) is 2.12. The first-order valence-electron chi connectivity index (χ1n) is 5.50. The van der Waals surface area contributed by atoms with E-state index in [4.69, 9.17) is 15.2 Å². The highest BCUT2D eigenvalue weighted by Gasteiger charge is 2.20. The molecule has 2 N–H and O–H groups in total. The molecule has 0 aliphatic carbocycles. The van der Waals surface area contributed by atoms with E-state index in [0.717, 1.165) is 12.8 Å². The second-order valence-electron chi connectivity index (χ2n) is 3.96. The molecular formula is C12H14BrNO3. The van der Waals surface area contributed by atoms with Crippen molar-refractivity contribution in [2.45, 2.75) is 18.9 Å². The van der Waals surface area contributed by atoms with Crippen LogP contribution in [0.15, 0.2) is 22.7 Å². The summed E-state index contributed by atoms with van der Waals surface area (Å²) >= 11 is 3.31. The predicted molar refractivity (Wildman–Crippen MR) is 67.8 cm³/mol. The van der Waals surface area contributed by atoms with E-state index in [1.54, 1.807) is 18.2 Å². The van der Waals surface area contributed by atoms with Crippen molar-refractivity contribution < 1.29 is 14.3 Å². The average molecular weight is 300 g/mol. The van der Waals surface area contributed by atoms with Crippen molar-refractivity contribution >= 4 is 27.6 Å². The van der Waals surface area contributed by atoms with Crippen LogP contribution in [0, 0.1) is 0 Å². The summed E-state index contributed by atoms with van der Waals surface area (Å²) < 4.78 is 11.3. The number of hydrogen-bond donors (Lipinski definition) is 1. The zero-order chi connectivity index (χ0) is 12.3. The number of carbonyl (C=O) groups is 1. The maximum absolute atomic E-state index is 11.9. The Morgan fingerprint density at radius 1 is 1.41 bits per heavy atom. The highest BCUT2D eigenvalue weighted by molar-refractivity contribution is 9.10. The first kappa shape index (κ1) is 12.4. The molecule has 0 radical (unpaired) electrons. The maximum Gasteiger partial charge on any atom is 0.339 e. The van der Waals surface area contributed by atoms with Crippen molar-refractivity contribution in [3.05, 3.63) is 28.2 Å². The van der Waals surface area contributed by atoms with Crippen molar-refractivity contribution in [1.29, 1.82) is 0 Å². The van der Waals surface area contributed by atoms with Crippen LogP contribution in [-0.4, -0.2) is 25.3 Å². The first-order chi connectivity index (χ1) is 8.16. The number of anilines is 1. The van der Waals surface area contributed by atoms with Crippen LogP contribution >= 0.6 is 15.9 Å². The summed E-state index contributed by atoms with van der Waals surface area (Å²) in [7, 11) is 0. The van der Waals surface area contributed by atoms with Crippen molar-refractivity contribution in [2.24, 2.45) is 0 Å². The Morgan fingerprint density at radius 3 is 2.82 bits per heavy atom. The van der Waals surface area contributed by atoms with Crippen LogP contribution in [0.1, 0.15) is 23.2 Å². The molecule has 0 bridgehead atoms. The van der Waals surface area contributed by atoms with Gasteiger partial charge in [-0.25, -0.2) is 4.79 Å². The lowest BCUT2D eigenvalue weighted by Gasteiger charge is -2.22. The topological polar surface area (TPSA) is 61.6 Å². The molecule has 1 saturated heterocycles. The van der Waals surface area contributed by atoms with Gasteiger partial charge in [0.2, 0.25) is 0 Å². The third-order valence-electron chi connectivity index (χ3n) is 2.65. The van der Waals surface area contributed by atoms with E-state index in [-0.39, 0.29) is 12.1 Å². The predicted octanol–water partition coefficient (Wildman–Crippen LogP) is 2.37. The minimum Gasteiger partial charge on any atom is -0.459 e. The third-order valence-corrected chi connectivity index (χ3v) is 3.34. The van der Waals surface area contributed by atoms with Gasteiger partial charge in [-0.1, -0.05) is 0 Å². The zero-order valence-electron chi connectivity index (χ0n) is 9.32. The molecule has 1 aromatic rings. The summed E-state index contributed by atoms with van der Waals surface area (Å²) in [5, 5.41) is 0. The highest BCUT2D eigenvalue weighted by atomic mass is 79.9. The molecule has 0 spiro atoms. The molecule has 0 aromatic heterocycles. The number of hydrogen-bond acceptors (Lipinski definition) is 4. The van der Waals surface area contributed by atoms with Gasteiger partial charge in [0.25, 0.3) is 0 Å². The van der Waals surface area contributed by atoms with Crippen LogP contribution in [0.2, 0.25) is 0 Å². The van der Waals surface area contributed by atoms with Gasteiger partial charge in [-0.05, 0) is 34.1 Å². The van der Waals surface area contributed by atoms with Gasteiger partial charge in [0.15, 0.2) is 0 Å². The molecule has 1 heterocycles. The quantitative estimate of drug-likeness (QED) is 0.673. The molecule has 4 nitrogen and oxygen atoms in total. The molecule has 0 unspecified atom stereocenters. The Bertz CT molecular complexity index is 416. The minimum absolute atomic E-state index is 0.0513. The largest absolute Gasteiger partial charge is 0.459 e. The molecule has 5 heteroatoms. The van der Waals surface area contributed by atoms with Crippen molar-refractivity contribution in [1.82, 2.24) is 0 Å². The Morgan fingerprint density at radius 2 is 2.12 bits per heavy atom. The molecule has 0 saturated carbocycles. The molecular weight excluding hydrogens is 286 g/mol. The van der Waals surface area contributed by atoms with E-state index in [1.807, 2.05) is 0 Å². The van der Waals surface area contributed by atoms with Gasteiger partial charge in [-0.3, -0.25) is 0 Å². The van der Waals surface area contributed by atoms with Crippen LogP contribution in [0.3, 0.4) is 0 Å². The maximum atomic E-state index is 11.9. The van der Waals surface area contributed by atoms with Crippen molar-refractivity contribution in [2.75, 3.05) is 18.9 Å². The van der Waals surface area contributed by atoms with Gasteiger partial charge < -0.3 is 15.2 Å². The zero-order valence-corrected chi connectivity index (χ0v) is 10.9. The van der Waals surface area contributed by atoms with Crippen LogP contribution in [0.4, 0.5) is 5.69 Å². The molecule has 1 aliphatic rings. The number of halogens is 1. The van der Waals surface area contributed by atoms with Crippen LogP contribution in [0.25, 0.3) is 0 Å². The molecule has 1 aliphatic heterocycles. The summed E-state index contributed by atoms with van der Waals surface area (Å²) in [6.45, 7) is 1.30. The minimum atomic E-state index is -0.337. The summed E-state index contributed by atoms with van der Waals surface area (Å²) in [6.07, 6.45) is 1.46. The number of rotatable bonds is 2. The molecule has 0 amide bonds. The van der Waals surface area contributed by atoms with Crippen LogP contribution in [-0.2, 0) is 9.47 Å². The summed E-state index contributed by atoms with van der Waals surface area (Å²) in [6, 6.07) is 5.09. The number of nitrogen functional groups attached to an aromatic ring is 1. The Kier molecular flexibility index (Phi) is 4.02. The van der Waals surface area contributed by atoms with E-state index in [2.05, 4.69) is 15.9 Å². The third kappa shape index (κ3) is 3.20. The average Bonchev–Trinajstić information content (AvgIpc) is 2.33. The van der Waals surface area contributed by atoms with Gasteiger partial charge in [0.05, 0.1) is 18.8 Å². The second kappa shape index (κ2) is 5.51. The van der Waals surface area contributed by atoms with Crippen molar-refractivity contribution in [3.63, 3.8) is 0 Å². The monoisotopic (exact) mass is 299 g/mol. The van der Waals surface area contributed by atoms with Gasteiger partial charge in [-0.2, -0.15) is 0 Å². The van der Waals surface area contributed by atoms with Gasteiger partial charge >= 0.3 is 5.97 Å².